The third-order valence-electron chi connectivity index (χ3n) is 2.98. The van der Waals surface area contributed by atoms with Crippen LogP contribution in [0.15, 0.2) is 28.8 Å². The number of rotatable bonds is 3. The summed E-state index contributed by atoms with van der Waals surface area (Å²) in [5.41, 5.74) is 2.78. The number of hydrogen-bond acceptors (Lipinski definition) is 6. The van der Waals surface area contributed by atoms with Gasteiger partial charge >= 0.3 is 0 Å². The molecule has 1 aromatic carbocycles. The van der Waals surface area contributed by atoms with E-state index in [0.29, 0.717) is 16.8 Å². The highest BCUT2D eigenvalue weighted by Gasteiger charge is 2.17. The van der Waals surface area contributed by atoms with Crippen molar-refractivity contribution in [2.75, 3.05) is 5.32 Å². The van der Waals surface area contributed by atoms with Crippen LogP contribution in [-0.2, 0) is 4.79 Å². The molecule has 0 unspecified atom stereocenters. The standard InChI is InChI=1S/C15H14N4O2S/c1-8-5-4-6-11(7-8)13-18-14(21-19-13)12-9(2)16-15(22-12)17-10(3)20/h4-7H,1-3H3,(H,16,17,20). The summed E-state index contributed by atoms with van der Waals surface area (Å²) in [5.74, 6) is 0.780. The van der Waals surface area contributed by atoms with Crippen molar-refractivity contribution in [1.29, 1.82) is 0 Å². The zero-order valence-electron chi connectivity index (χ0n) is 12.4. The van der Waals surface area contributed by atoms with Crippen LogP contribution in [0, 0.1) is 13.8 Å². The van der Waals surface area contributed by atoms with E-state index in [1.54, 1.807) is 0 Å². The van der Waals surface area contributed by atoms with Crippen molar-refractivity contribution in [3.05, 3.63) is 35.5 Å². The maximum absolute atomic E-state index is 11.1. The van der Waals surface area contributed by atoms with Crippen LogP contribution in [0.2, 0.25) is 0 Å². The van der Waals surface area contributed by atoms with Gasteiger partial charge in [0.25, 0.3) is 5.89 Å². The zero-order valence-corrected chi connectivity index (χ0v) is 13.2. The summed E-state index contributed by atoms with van der Waals surface area (Å²) < 4.78 is 5.34. The molecule has 1 N–H and O–H groups in total. The highest BCUT2D eigenvalue weighted by atomic mass is 32.1. The molecule has 0 saturated heterocycles. The Hall–Kier alpha value is -2.54. The van der Waals surface area contributed by atoms with Crippen LogP contribution in [0.3, 0.4) is 0 Å². The SMILES string of the molecule is CC(=O)Nc1nc(C)c(-c2nc(-c3cccc(C)c3)no2)s1. The highest BCUT2D eigenvalue weighted by Crippen LogP contribution is 2.32. The first kappa shape index (κ1) is 14.4. The molecule has 2 aromatic heterocycles. The predicted octanol–water partition coefficient (Wildman–Crippen LogP) is 3.44. The lowest BCUT2D eigenvalue weighted by Crippen LogP contribution is -2.04. The van der Waals surface area contributed by atoms with Crippen LogP contribution in [0.4, 0.5) is 5.13 Å². The first-order valence-electron chi connectivity index (χ1n) is 6.69. The van der Waals surface area contributed by atoms with E-state index >= 15 is 0 Å². The lowest BCUT2D eigenvalue weighted by atomic mass is 10.1. The number of carbonyl (C=O) groups is 1. The van der Waals surface area contributed by atoms with Gasteiger partial charge in [0.2, 0.25) is 11.7 Å². The molecule has 0 aliphatic carbocycles. The molecule has 0 atom stereocenters. The molecule has 0 aliphatic rings. The predicted molar refractivity (Wildman–Crippen MR) is 84.6 cm³/mol. The second-order valence-corrected chi connectivity index (χ2v) is 5.91. The lowest BCUT2D eigenvalue weighted by molar-refractivity contribution is -0.114. The zero-order chi connectivity index (χ0) is 15.7. The van der Waals surface area contributed by atoms with Crippen LogP contribution in [0.25, 0.3) is 22.2 Å². The molecule has 3 rings (SSSR count). The van der Waals surface area contributed by atoms with Crippen molar-refractivity contribution in [2.45, 2.75) is 20.8 Å². The summed E-state index contributed by atoms with van der Waals surface area (Å²) in [7, 11) is 0. The van der Waals surface area contributed by atoms with Gasteiger partial charge in [0, 0.05) is 12.5 Å². The fraction of sp³-hybridized carbons (Fsp3) is 0.200. The van der Waals surface area contributed by atoms with Crippen molar-refractivity contribution >= 4 is 22.4 Å². The van der Waals surface area contributed by atoms with Crippen molar-refractivity contribution < 1.29 is 9.32 Å². The Balaban J connectivity index is 1.94. The Labute approximate surface area is 131 Å². The third-order valence-corrected chi connectivity index (χ3v) is 4.04. The molecule has 0 aliphatic heterocycles. The number of nitrogens with zero attached hydrogens (tertiary/aromatic N) is 3. The molecule has 0 fully saturated rings. The summed E-state index contributed by atoms with van der Waals surface area (Å²) in [6, 6.07) is 7.89. The first-order chi connectivity index (χ1) is 10.5. The number of carbonyl (C=O) groups excluding carboxylic acids is 1. The van der Waals surface area contributed by atoms with E-state index in [1.807, 2.05) is 38.1 Å². The molecule has 22 heavy (non-hydrogen) atoms. The number of anilines is 1. The van der Waals surface area contributed by atoms with E-state index in [1.165, 1.54) is 18.3 Å². The topological polar surface area (TPSA) is 80.9 Å². The van der Waals surface area contributed by atoms with E-state index in [9.17, 15) is 4.79 Å². The molecule has 6 nitrogen and oxygen atoms in total. The number of benzene rings is 1. The van der Waals surface area contributed by atoms with Crippen molar-refractivity contribution in [2.24, 2.45) is 0 Å². The van der Waals surface area contributed by atoms with Gasteiger partial charge in [0.05, 0.1) is 5.69 Å². The summed E-state index contributed by atoms with van der Waals surface area (Å²) in [6.07, 6.45) is 0. The van der Waals surface area contributed by atoms with E-state index in [4.69, 9.17) is 4.52 Å². The van der Waals surface area contributed by atoms with Gasteiger partial charge < -0.3 is 9.84 Å². The average molecular weight is 314 g/mol. The average Bonchev–Trinajstić information content (AvgIpc) is 3.05. The molecular formula is C15H14N4O2S. The largest absolute Gasteiger partial charge is 0.333 e. The number of aromatic nitrogens is 3. The van der Waals surface area contributed by atoms with Crippen molar-refractivity contribution in [3.63, 3.8) is 0 Å². The molecule has 1 amide bonds. The Morgan fingerprint density at radius 2 is 2.09 bits per heavy atom. The first-order valence-corrected chi connectivity index (χ1v) is 7.50. The Morgan fingerprint density at radius 3 is 2.82 bits per heavy atom. The van der Waals surface area contributed by atoms with Crippen LogP contribution in [0.5, 0.6) is 0 Å². The second-order valence-electron chi connectivity index (χ2n) is 4.91. The van der Waals surface area contributed by atoms with Crippen LogP contribution < -0.4 is 5.32 Å². The number of hydrogen-bond donors (Lipinski definition) is 1. The van der Waals surface area contributed by atoms with E-state index in [2.05, 4.69) is 20.4 Å². The van der Waals surface area contributed by atoms with Crippen molar-refractivity contribution in [1.82, 2.24) is 15.1 Å². The van der Waals surface area contributed by atoms with Gasteiger partial charge in [-0.3, -0.25) is 4.79 Å². The third kappa shape index (κ3) is 2.89. The minimum atomic E-state index is -0.161. The monoisotopic (exact) mass is 314 g/mol. The second kappa shape index (κ2) is 5.69. The molecule has 112 valence electrons. The van der Waals surface area contributed by atoms with Gasteiger partial charge in [-0.05, 0) is 19.9 Å². The minimum Gasteiger partial charge on any atom is -0.333 e. The van der Waals surface area contributed by atoms with Crippen LogP contribution in [0.1, 0.15) is 18.2 Å². The fourth-order valence-corrected chi connectivity index (χ4v) is 2.95. The van der Waals surface area contributed by atoms with Gasteiger partial charge in [0.15, 0.2) is 5.13 Å². The Bertz CT molecular complexity index is 838. The molecule has 0 bridgehead atoms. The maximum Gasteiger partial charge on any atom is 0.270 e. The summed E-state index contributed by atoms with van der Waals surface area (Å²) in [4.78, 5) is 20.6. The van der Waals surface area contributed by atoms with E-state index in [0.717, 1.165) is 21.7 Å². The van der Waals surface area contributed by atoms with Crippen LogP contribution >= 0.6 is 11.3 Å². The molecule has 0 saturated carbocycles. The number of thiazole rings is 1. The van der Waals surface area contributed by atoms with Crippen molar-refractivity contribution in [3.8, 4) is 22.2 Å². The fourth-order valence-electron chi connectivity index (χ4n) is 2.02. The minimum absolute atomic E-state index is 0.161. The molecule has 0 spiro atoms. The van der Waals surface area contributed by atoms with Crippen LogP contribution in [-0.4, -0.2) is 21.0 Å². The molecule has 0 radical (unpaired) electrons. The van der Waals surface area contributed by atoms with Gasteiger partial charge in [-0.2, -0.15) is 4.98 Å². The number of aryl methyl sites for hydroxylation is 2. The summed E-state index contributed by atoms with van der Waals surface area (Å²) >= 11 is 1.31. The van der Waals surface area contributed by atoms with E-state index in [-0.39, 0.29) is 5.91 Å². The quantitative estimate of drug-likeness (QED) is 0.801. The van der Waals surface area contributed by atoms with Gasteiger partial charge in [-0.15, -0.1) is 0 Å². The maximum atomic E-state index is 11.1. The summed E-state index contributed by atoms with van der Waals surface area (Å²) in [5, 5.41) is 7.20. The summed E-state index contributed by atoms with van der Waals surface area (Å²) in [6.45, 7) is 5.30. The highest BCUT2D eigenvalue weighted by molar-refractivity contribution is 7.19. The van der Waals surface area contributed by atoms with Gasteiger partial charge in [-0.1, -0.05) is 40.3 Å². The smallest absolute Gasteiger partial charge is 0.270 e. The Morgan fingerprint density at radius 1 is 1.27 bits per heavy atom. The van der Waals surface area contributed by atoms with Gasteiger partial charge in [-0.25, -0.2) is 4.98 Å². The van der Waals surface area contributed by atoms with Gasteiger partial charge in [0.1, 0.15) is 4.88 Å². The molecule has 7 heteroatoms. The normalized spacial score (nSPS) is 10.7. The molecule has 3 aromatic rings. The number of nitrogens with one attached hydrogen (secondary N) is 1. The van der Waals surface area contributed by atoms with E-state index < -0.39 is 0 Å². The lowest BCUT2D eigenvalue weighted by Gasteiger charge is -1.95. The Kier molecular flexibility index (Phi) is 3.72. The molecular weight excluding hydrogens is 300 g/mol. The molecule has 2 heterocycles. The number of amides is 1.